The molecule has 2 heterocycles. The predicted octanol–water partition coefficient (Wildman–Crippen LogP) is 7.26. The SMILES string of the molecule is O=S(=O)(NS(=O)(=O)N1CCc2ccc(Cl)c(Cl)c2C1C1CCCC1)N1CCc2ccc(Cl)c(Cl)c2C1C1CCCC1. The molecule has 0 radical (unpaired) electrons. The standard InChI is InChI=1S/C28H33Cl4N3O4S2/c29-21-11-9-17-13-15-34(27(23(17)25(21)31)19-5-1-2-6-19)40(36,37)33-41(38,39)35-16-14-18-10-12-22(30)26(32)24(18)28(35)20-7-3-4-8-20/h9-12,19-20,27-28,33H,1-8,13-16H2. The molecule has 2 saturated carbocycles. The van der Waals surface area contributed by atoms with E-state index < -0.39 is 32.5 Å². The van der Waals surface area contributed by atoms with Crippen molar-refractivity contribution < 1.29 is 16.8 Å². The second kappa shape index (κ2) is 11.7. The van der Waals surface area contributed by atoms with Crippen LogP contribution in [-0.4, -0.2) is 38.5 Å². The molecule has 2 atom stereocenters. The Morgan fingerprint density at radius 2 is 0.976 bits per heavy atom. The third-order valence-electron chi connectivity index (χ3n) is 9.38. The lowest BCUT2D eigenvalue weighted by molar-refractivity contribution is 0.220. The number of nitrogens with one attached hydrogen (secondary N) is 1. The Balaban J connectivity index is 1.37. The highest BCUT2D eigenvalue weighted by atomic mass is 35.5. The van der Waals surface area contributed by atoms with Crippen molar-refractivity contribution in [2.75, 3.05) is 13.1 Å². The van der Waals surface area contributed by atoms with Gasteiger partial charge < -0.3 is 0 Å². The highest BCUT2D eigenvalue weighted by molar-refractivity contribution is 8.02. The summed E-state index contributed by atoms with van der Waals surface area (Å²) in [6, 6.07) is 6.06. The van der Waals surface area contributed by atoms with Gasteiger partial charge in [-0.25, -0.2) is 0 Å². The van der Waals surface area contributed by atoms with Crippen LogP contribution in [0.2, 0.25) is 20.1 Å². The Morgan fingerprint density at radius 1 is 0.610 bits per heavy atom. The summed E-state index contributed by atoms with van der Waals surface area (Å²) in [5, 5.41) is 1.39. The van der Waals surface area contributed by atoms with Crippen LogP contribution in [-0.2, 0) is 33.3 Å². The van der Waals surface area contributed by atoms with Crippen LogP contribution >= 0.6 is 46.4 Å². The molecule has 7 nitrogen and oxygen atoms in total. The Labute approximate surface area is 262 Å². The van der Waals surface area contributed by atoms with Gasteiger partial charge in [-0.3, -0.25) is 0 Å². The monoisotopic (exact) mass is 679 g/mol. The molecular weight excluding hydrogens is 648 g/mol. The molecule has 0 amide bonds. The molecule has 2 aliphatic heterocycles. The summed E-state index contributed by atoms with van der Waals surface area (Å²) in [7, 11) is -9.00. The zero-order chi connectivity index (χ0) is 29.1. The number of hydrogen-bond acceptors (Lipinski definition) is 4. The Morgan fingerprint density at radius 3 is 1.34 bits per heavy atom. The van der Waals surface area contributed by atoms with E-state index in [0.717, 1.165) is 62.5 Å². The molecule has 6 rings (SSSR count). The fourth-order valence-electron chi connectivity index (χ4n) is 7.57. The van der Waals surface area contributed by atoms with Crippen LogP contribution in [0.15, 0.2) is 24.3 Å². The Bertz CT molecular complexity index is 1440. The molecular formula is C28H33Cl4N3O4S2. The third-order valence-corrected chi connectivity index (χ3v) is 14.8. The quantitative estimate of drug-likeness (QED) is 0.348. The molecule has 224 valence electrons. The van der Waals surface area contributed by atoms with E-state index in [4.69, 9.17) is 46.4 Å². The van der Waals surface area contributed by atoms with E-state index in [2.05, 4.69) is 4.13 Å². The van der Waals surface area contributed by atoms with E-state index in [1.54, 1.807) is 12.1 Å². The van der Waals surface area contributed by atoms with Gasteiger partial charge in [0.1, 0.15) is 0 Å². The number of benzene rings is 2. The predicted molar refractivity (Wildman–Crippen MR) is 164 cm³/mol. The molecule has 2 aromatic carbocycles. The lowest BCUT2D eigenvalue weighted by Gasteiger charge is -2.42. The highest BCUT2D eigenvalue weighted by Crippen LogP contribution is 2.50. The van der Waals surface area contributed by atoms with Crippen molar-refractivity contribution in [3.05, 3.63) is 66.6 Å². The third kappa shape index (κ3) is 5.57. The maximum absolute atomic E-state index is 14.1. The van der Waals surface area contributed by atoms with Gasteiger partial charge in [0.15, 0.2) is 0 Å². The van der Waals surface area contributed by atoms with Gasteiger partial charge in [-0.1, -0.05) is 88.3 Å². The average Bonchev–Trinajstić information content (AvgIpc) is 3.66. The lowest BCUT2D eigenvalue weighted by Crippen LogP contribution is -2.54. The van der Waals surface area contributed by atoms with Gasteiger partial charge in [0.2, 0.25) is 0 Å². The molecule has 0 spiro atoms. The van der Waals surface area contributed by atoms with E-state index in [0.29, 0.717) is 44.1 Å². The number of hydrogen-bond donors (Lipinski definition) is 1. The minimum Gasteiger partial charge on any atom is -0.194 e. The highest BCUT2D eigenvalue weighted by Gasteiger charge is 2.47. The summed E-state index contributed by atoms with van der Waals surface area (Å²) in [6.45, 7) is 0.292. The molecule has 2 unspecified atom stereocenters. The molecule has 0 saturated heterocycles. The van der Waals surface area contributed by atoms with Gasteiger partial charge in [0.05, 0.1) is 32.2 Å². The largest absolute Gasteiger partial charge is 0.294 e. The van der Waals surface area contributed by atoms with E-state index in [-0.39, 0.29) is 24.9 Å². The van der Waals surface area contributed by atoms with E-state index >= 15 is 0 Å². The first-order valence-corrected chi connectivity index (χ1v) is 18.6. The zero-order valence-corrected chi connectivity index (χ0v) is 27.1. The molecule has 13 heteroatoms. The van der Waals surface area contributed by atoms with Gasteiger partial charge >= 0.3 is 0 Å². The fraction of sp³-hybridized carbons (Fsp3) is 0.571. The van der Waals surface area contributed by atoms with Gasteiger partial charge in [-0.05, 0) is 84.7 Å². The van der Waals surface area contributed by atoms with E-state index in [9.17, 15) is 16.8 Å². The van der Waals surface area contributed by atoms with Gasteiger partial charge in [-0.2, -0.15) is 25.4 Å². The van der Waals surface area contributed by atoms with Crippen molar-refractivity contribution in [3.63, 3.8) is 0 Å². The van der Waals surface area contributed by atoms with Crippen molar-refractivity contribution in [1.29, 1.82) is 0 Å². The second-order valence-corrected chi connectivity index (χ2v) is 16.7. The Kier molecular flexibility index (Phi) is 8.69. The van der Waals surface area contributed by atoms with Crippen LogP contribution < -0.4 is 4.13 Å². The first-order valence-electron chi connectivity index (χ1n) is 14.3. The van der Waals surface area contributed by atoms with Crippen LogP contribution in [0.3, 0.4) is 0 Å². The fourth-order valence-corrected chi connectivity index (χ4v) is 12.1. The number of rotatable bonds is 6. The number of halogens is 4. The van der Waals surface area contributed by atoms with Crippen molar-refractivity contribution in [2.45, 2.75) is 76.3 Å². The molecule has 2 aromatic rings. The topological polar surface area (TPSA) is 86.8 Å². The second-order valence-electron chi connectivity index (χ2n) is 11.7. The van der Waals surface area contributed by atoms with Crippen LogP contribution in [0.1, 0.15) is 85.7 Å². The zero-order valence-electron chi connectivity index (χ0n) is 22.5. The molecule has 0 bridgehead atoms. The smallest absolute Gasteiger partial charge is 0.194 e. The molecule has 2 aliphatic carbocycles. The maximum Gasteiger partial charge on any atom is 0.294 e. The van der Waals surface area contributed by atoms with Gasteiger partial charge in [0, 0.05) is 13.1 Å². The van der Waals surface area contributed by atoms with E-state index in [1.807, 2.05) is 12.1 Å². The lowest BCUT2D eigenvalue weighted by atomic mass is 9.85. The summed E-state index contributed by atoms with van der Waals surface area (Å²) in [6.07, 6.45) is 8.06. The molecule has 4 aliphatic rings. The van der Waals surface area contributed by atoms with Crippen molar-refractivity contribution in [2.24, 2.45) is 11.8 Å². The minimum atomic E-state index is -4.50. The summed E-state index contributed by atoms with van der Waals surface area (Å²) in [5.41, 5.74) is 3.28. The summed E-state index contributed by atoms with van der Waals surface area (Å²) in [5.74, 6) is 0.0247. The minimum absolute atomic E-state index is 0.0124. The average molecular weight is 682 g/mol. The maximum atomic E-state index is 14.1. The normalized spacial score (nSPS) is 25.0. The Hall–Kier alpha value is -0.620. The molecule has 41 heavy (non-hydrogen) atoms. The number of nitrogens with zero attached hydrogens (tertiary/aromatic N) is 2. The van der Waals surface area contributed by atoms with Gasteiger partial charge in [0.25, 0.3) is 20.4 Å². The van der Waals surface area contributed by atoms with Crippen molar-refractivity contribution in [3.8, 4) is 0 Å². The summed E-state index contributed by atoms with van der Waals surface area (Å²) in [4.78, 5) is 0. The van der Waals surface area contributed by atoms with E-state index in [1.165, 1.54) is 8.61 Å². The number of fused-ring (bicyclic) bond motifs is 2. The molecule has 2 fully saturated rings. The van der Waals surface area contributed by atoms with Crippen molar-refractivity contribution >= 4 is 66.8 Å². The summed E-state index contributed by atoms with van der Waals surface area (Å²) >= 11 is 26.2. The summed E-state index contributed by atoms with van der Waals surface area (Å²) < 4.78 is 61.1. The van der Waals surface area contributed by atoms with Crippen molar-refractivity contribution in [1.82, 2.24) is 12.7 Å². The molecule has 0 aromatic heterocycles. The van der Waals surface area contributed by atoms with Crippen LogP contribution in [0.4, 0.5) is 0 Å². The van der Waals surface area contributed by atoms with Crippen LogP contribution in [0.25, 0.3) is 0 Å². The first-order chi connectivity index (χ1) is 19.5. The van der Waals surface area contributed by atoms with Crippen LogP contribution in [0, 0.1) is 11.8 Å². The molecule has 1 N–H and O–H groups in total. The van der Waals surface area contributed by atoms with Gasteiger partial charge in [-0.15, -0.1) is 0 Å². The van der Waals surface area contributed by atoms with Crippen LogP contribution in [0.5, 0.6) is 0 Å². The first kappa shape index (κ1) is 30.4.